The molecule has 0 unspecified atom stereocenters. The van der Waals surface area contributed by atoms with Crippen molar-refractivity contribution in [2.45, 2.75) is 46.1 Å². The van der Waals surface area contributed by atoms with E-state index in [4.69, 9.17) is 5.73 Å². The number of hydrogen-bond acceptors (Lipinski definition) is 2. The number of aldehydes is 1. The lowest BCUT2D eigenvalue weighted by Crippen LogP contribution is -2.23. The highest BCUT2D eigenvalue weighted by atomic mass is 16.1. The van der Waals surface area contributed by atoms with Crippen LogP contribution in [0.25, 0.3) is 0 Å². The molecule has 92 valence electrons. The van der Waals surface area contributed by atoms with E-state index in [1.807, 2.05) is 26.0 Å². The van der Waals surface area contributed by atoms with Crippen LogP contribution in [0.5, 0.6) is 0 Å². The van der Waals surface area contributed by atoms with E-state index in [2.05, 4.69) is 26.0 Å². The van der Waals surface area contributed by atoms with Gasteiger partial charge in [0.2, 0.25) is 0 Å². The van der Waals surface area contributed by atoms with Crippen LogP contribution < -0.4 is 5.73 Å². The lowest BCUT2D eigenvalue weighted by molar-refractivity contribution is -0.108. The third-order valence-electron chi connectivity index (χ3n) is 2.29. The molecular weight excluding hydrogens is 198 g/mol. The van der Waals surface area contributed by atoms with Crippen molar-refractivity contribution in [1.29, 1.82) is 0 Å². The van der Waals surface area contributed by atoms with Crippen LogP contribution in [0.2, 0.25) is 0 Å². The molecule has 0 aliphatic carbocycles. The van der Waals surface area contributed by atoms with E-state index in [-0.39, 0.29) is 7.47 Å². The fourth-order valence-electron chi connectivity index (χ4n) is 1.36. The van der Waals surface area contributed by atoms with Crippen molar-refractivity contribution in [2.24, 2.45) is 5.73 Å². The Morgan fingerprint density at radius 3 is 2.12 bits per heavy atom. The summed E-state index contributed by atoms with van der Waals surface area (Å²) in [5.74, 6) is 0.545. The Bertz CT molecular complexity index is 296. The summed E-state index contributed by atoms with van der Waals surface area (Å²) >= 11 is 0. The standard InChI is InChI=1S/C12H17NO.C2H6.H2/c1-9(2)11-5-3-10(4-6-11)7-12(13)8-14;1-2;/h3-6,8-9,12H,7,13H2,1-2H3;1-2H3;1H/t12-;;/m0../s1. The Labute approximate surface area is 100 Å². The van der Waals surface area contributed by atoms with Crippen LogP contribution in [0.3, 0.4) is 0 Å². The van der Waals surface area contributed by atoms with Crippen LogP contribution in [0.4, 0.5) is 0 Å². The van der Waals surface area contributed by atoms with Crippen LogP contribution in [0, 0.1) is 0 Å². The predicted molar refractivity (Wildman–Crippen MR) is 71.7 cm³/mol. The summed E-state index contributed by atoms with van der Waals surface area (Å²) in [6, 6.07) is 7.90. The maximum atomic E-state index is 10.4. The number of benzene rings is 1. The molecule has 0 amide bonds. The van der Waals surface area contributed by atoms with Gasteiger partial charge in [0, 0.05) is 1.43 Å². The largest absolute Gasteiger partial charge is 0.321 e. The predicted octanol–water partition coefficient (Wildman–Crippen LogP) is 3.15. The Morgan fingerprint density at radius 2 is 1.75 bits per heavy atom. The highest BCUT2D eigenvalue weighted by Crippen LogP contribution is 2.14. The summed E-state index contributed by atoms with van der Waals surface area (Å²) in [7, 11) is 0. The average molecular weight is 223 g/mol. The molecule has 0 aliphatic heterocycles. The van der Waals surface area contributed by atoms with Crippen LogP contribution >= 0.6 is 0 Å². The number of carbonyl (C=O) groups is 1. The molecule has 0 heterocycles. The molecule has 1 aromatic rings. The molecular formula is C14H25NO. The molecule has 0 spiro atoms. The minimum atomic E-state index is -0.375. The van der Waals surface area contributed by atoms with Gasteiger partial charge in [-0.25, -0.2) is 0 Å². The SMILES string of the molecule is CC.CC(C)c1ccc(C[C@H](N)C=O)cc1.[HH]. The maximum absolute atomic E-state index is 10.4. The molecule has 0 aromatic heterocycles. The zero-order valence-corrected chi connectivity index (χ0v) is 10.7. The van der Waals surface area contributed by atoms with Crippen molar-refractivity contribution in [3.8, 4) is 0 Å². The van der Waals surface area contributed by atoms with Gasteiger partial charge in [-0.05, 0) is 23.5 Å². The lowest BCUT2D eigenvalue weighted by atomic mass is 9.99. The monoisotopic (exact) mass is 223 g/mol. The van der Waals surface area contributed by atoms with Crippen molar-refractivity contribution < 1.29 is 6.22 Å². The lowest BCUT2D eigenvalue weighted by Gasteiger charge is -2.07. The quantitative estimate of drug-likeness (QED) is 0.797. The first kappa shape index (κ1) is 14.8. The zero-order chi connectivity index (χ0) is 12.6. The molecule has 0 fully saturated rings. The molecule has 1 aromatic carbocycles. The van der Waals surface area contributed by atoms with Gasteiger partial charge in [0.05, 0.1) is 6.04 Å². The van der Waals surface area contributed by atoms with Gasteiger partial charge in [-0.15, -0.1) is 0 Å². The minimum absolute atomic E-state index is 0. The first-order valence-corrected chi connectivity index (χ1v) is 5.93. The molecule has 2 heteroatoms. The summed E-state index contributed by atoms with van der Waals surface area (Å²) in [5.41, 5.74) is 7.97. The van der Waals surface area contributed by atoms with Gasteiger partial charge in [-0.3, -0.25) is 0 Å². The van der Waals surface area contributed by atoms with Gasteiger partial charge in [0.1, 0.15) is 6.29 Å². The van der Waals surface area contributed by atoms with E-state index >= 15 is 0 Å². The average Bonchev–Trinajstić information content (AvgIpc) is 2.32. The van der Waals surface area contributed by atoms with Gasteiger partial charge in [0.25, 0.3) is 0 Å². The highest BCUT2D eigenvalue weighted by molar-refractivity contribution is 5.57. The summed E-state index contributed by atoms with van der Waals surface area (Å²) in [6.45, 7) is 8.32. The number of nitrogens with two attached hydrogens (primary N) is 1. The second kappa shape index (κ2) is 8.05. The highest BCUT2D eigenvalue weighted by Gasteiger charge is 2.03. The Morgan fingerprint density at radius 1 is 1.25 bits per heavy atom. The van der Waals surface area contributed by atoms with Crippen molar-refractivity contribution in [3.63, 3.8) is 0 Å². The van der Waals surface area contributed by atoms with E-state index in [9.17, 15) is 4.79 Å². The molecule has 0 aliphatic rings. The summed E-state index contributed by atoms with van der Waals surface area (Å²) in [6.07, 6.45) is 1.41. The van der Waals surface area contributed by atoms with Crippen molar-refractivity contribution in [2.75, 3.05) is 0 Å². The molecule has 0 saturated carbocycles. The van der Waals surface area contributed by atoms with Crippen LogP contribution in [0.1, 0.15) is 46.2 Å². The van der Waals surface area contributed by atoms with E-state index in [1.54, 1.807) is 0 Å². The van der Waals surface area contributed by atoms with E-state index in [0.717, 1.165) is 11.8 Å². The van der Waals surface area contributed by atoms with Gasteiger partial charge in [-0.2, -0.15) is 0 Å². The molecule has 16 heavy (non-hydrogen) atoms. The molecule has 0 saturated heterocycles. The molecule has 2 N–H and O–H groups in total. The Hall–Kier alpha value is -1.15. The van der Waals surface area contributed by atoms with Crippen LogP contribution in [-0.4, -0.2) is 12.3 Å². The fraction of sp³-hybridized carbons (Fsp3) is 0.500. The minimum Gasteiger partial charge on any atom is -0.321 e. The Kier molecular flexibility index (Phi) is 7.48. The second-order valence-electron chi connectivity index (χ2n) is 3.90. The van der Waals surface area contributed by atoms with E-state index < -0.39 is 0 Å². The van der Waals surface area contributed by atoms with Crippen LogP contribution in [-0.2, 0) is 11.2 Å². The van der Waals surface area contributed by atoms with Gasteiger partial charge < -0.3 is 10.5 Å². The maximum Gasteiger partial charge on any atom is 0.137 e. The topological polar surface area (TPSA) is 43.1 Å². The molecule has 0 radical (unpaired) electrons. The molecule has 1 atom stereocenters. The van der Waals surface area contributed by atoms with Crippen molar-refractivity contribution >= 4 is 6.29 Å². The number of rotatable bonds is 4. The summed E-state index contributed by atoms with van der Waals surface area (Å²) in [5, 5.41) is 0. The zero-order valence-electron chi connectivity index (χ0n) is 10.7. The number of carbonyl (C=O) groups excluding carboxylic acids is 1. The molecule has 2 nitrogen and oxygen atoms in total. The summed E-state index contributed by atoms with van der Waals surface area (Å²) in [4.78, 5) is 10.4. The molecule has 0 bridgehead atoms. The van der Waals surface area contributed by atoms with E-state index in [1.165, 1.54) is 5.56 Å². The first-order chi connectivity index (χ1) is 7.63. The van der Waals surface area contributed by atoms with Gasteiger partial charge >= 0.3 is 0 Å². The smallest absolute Gasteiger partial charge is 0.137 e. The summed E-state index contributed by atoms with van der Waals surface area (Å²) < 4.78 is 0. The second-order valence-corrected chi connectivity index (χ2v) is 3.90. The third-order valence-corrected chi connectivity index (χ3v) is 2.29. The number of hydrogen-bond donors (Lipinski definition) is 1. The van der Waals surface area contributed by atoms with Crippen molar-refractivity contribution in [3.05, 3.63) is 35.4 Å². The fourth-order valence-corrected chi connectivity index (χ4v) is 1.36. The van der Waals surface area contributed by atoms with Gasteiger partial charge in [-0.1, -0.05) is 52.0 Å². The van der Waals surface area contributed by atoms with E-state index in [0.29, 0.717) is 12.3 Å². The third kappa shape index (κ3) is 5.08. The normalized spacial score (nSPS) is 11.6. The molecule has 1 rings (SSSR count). The van der Waals surface area contributed by atoms with Crippen molar-refractivity contribution in [1.82, 2.24) is 0 Å². The van der Waals surface area contributed by atoms with Crippen LogP contribution in [0.15, 0.2) is 24.3 Å². The Balaban J connectivity index is 0. The van der Waals surface area contributed by atoms with Gasteiger partial charge in [0.15, 0.2) is 0 Å². The first-order valence-electron chi connectivity index (χ1n) is 5.93.